The fraction of sp³-hybridized carbons (Fsp3) is 0.333. The standard InChI is InChI=1S/C14H21O4P.C7H8/c1-4-16-19(15,17-5-2)18-12-11-13(3)14-9-7-6-8-10-14;1-7-5-3-2-4-6-7/h6-11H,4-5,12H2,1-3H3;2-6H,1H3/b13-11+;. The van der Waals surface area contributed by atoms with E-state index >= 15 is 0 Å². The molecule has 26 heavy (non-hydrogen) atoms. The first kappa shape index (κ1) is 22.3. The summed E-state index contributed by atoms with van der Waals surface area (Å²) in [6.45, 7) is 8.33. The van der Waals surface area contributed by atoms with E-state index < -0.39 is 7.82 Å². The summed E-state index contributed by atoms with van der Waals surface area (Å²) in [7, 11) is -3.41. The van der Waals surface area contributed by atoms with Crippen LogP contribution in [0.5, 0.6) is 0 Å². The summed E-state index contributed by atoms with van der Waals surface area (Å²) in [5.41, 5.74) is 3.48. The smallest absolute Gasteiger partial charge is 0.287 e. The van der Waals surface area contributed by atoms with Crippen LogP contribution in [0.3, 0.4) is 0 Å². The van der Waals surface area contributed by atoms with Crippen molar-refractivity contribution in [2.24, 2.45) is 0 Å². The highest BCUT2D eigenvalue weighted by molar-refractivity contribution is 7.48. The maximum absolute atomic E-state index is 12.0. The second-order valence-electron chi connectivity index (χ2n) is 5.49. The zero-order valence-electron chi connectivity index (χ0n) is 16.1. The Morgan fingerprint density at radius 3 is 1.81 bits per heavy atom. The predicted octanol–water partition coefficient (Wildman–Crippen LogP) is 6.28. The normalized spacial score (nSPS) is 11.6. The van der Waals surface area contributed by atoms with Crippen LogP contribution in [0.4, 0.5) is 0 Å². The molecule has 2 rings (SSSR count). The van der Waals surface area contributed by atoms with E-state index in [1.165, 1.54) is 5.56 Å². The second-order valence-corrected chi connectivity index (χ2v) is 7.16. The first-order valence-corrected chi connectivity index (χ1v) is 10.2. The molecule has 0 aromatic heterocycles. The highest BCUT2D eigenvalue weighted by Gasteiger charge is 2.24. The summed E-state index contributed by atoms with van der Waals surface area (Å²) in [6.07, 6.45) is 1.86. The molecule has 0 bridgehead atoms. The van der Waals surface area contributed by atoms with Crippen molar-refractivity contribution in [3.8, 4) is 0 Å². The Bertz CT molecular complexity index is 674. The van der Waals surface area contributed by atoms with Crippen LogP contribution >= 0.6 is 7.82 Å². The highest BCUT2D eigenvalue weighted by Crippen LogP contribution is 2.49. The molecule has 5 heteroatoms. The molecule has 0 aliphatic rings. The van der Waals surface area contributed by atoms with Crippen molar-refractivity contribution in [2.75, 3.05) is 19.8 Å². The van der Waals surface area contributed by atoms with Gasteiger partial charge >= 0.3 is 7.82 Å². The van der Waals surface area contributed by atoms with Gasteiger partial charge in [-0.05, 0) is 38.8 Å². The van der Waals surface area contributed by atoms with Gasteiger partial charge in [-0.15, -0.1) is 0 Å². The third kappa shape index (κ3) is 9.12. The summed E-state index contributed by atoms with van der Waals surface area (Å²) >= 11 is 0. The average molecular weight is 376 g/mol. The minimum Gasteiger partial charge on any atom is -0.287 e. The van der Waals surface area contributed by atoms with Crippen LogP contribution in [-0.2, 0) is 18.1 Å². The minimum atomic E-state index is -3.41. The van der Waals surface area contributed by atoms with Gasteiger partial charge in [-0.3, -0.25) is 13.6 Å². The molecule has 0 spiro atoms. The van der Waals surface area contributed by atoms with Crippen molar-refractivity contribution < 1.29 is 18.1 Å². The number of benzene rings is 2. The molecule has 0 N–H and O–H groups in total. The number of phosphoric acid groups is 1. The molecule has 0 saturated carbocycles. The van der Waals surface area contributed by atoms with Gasteiger partial charge in [0.25, 0.3) is 0 Å². The van der Waals surface area contributed by atoms with Gasteiger partial charge in [0.2, 0.25) is 0 Å². The molecule has 0 fully saturated rings. The lowest BCUT2D eigenvalue weighted by Crippen LogP contribution is -2.00. The highest BCUT2D eigenvalue weighted by atomic mass is 31.2. The summed E-state index contributed by atoms with van der Waals surface area (Å²) in [5, 5.41) is 0. The third-order valence-electron chi connectivity index (χ3n) is 3.37. The SMILES string of the molecule is CCOP(=O)(OCC)OC/C=C(\C)c1ccccc1.Cc1ccccc1. The molecule has 0 unspecified atom stereocenters. The van der Waals surface area contributed by atoms with Gasteiger partial charge < -0.3 is 0 Å². The fourth-order valence-electron chi connectivity index (χ4n) is 2.03. The number of rotatable bonds is 8. The van der Waals surface area contributed by atoms with Crippen LogP contribution in [0.25, 0.3) is 5.57 Å². The second kappa shape index (κ2) is 12.6. The first-order valence-electron chi connectivity index (χ1n) is 8.78. The van der Waals surface area contributed by atoms with Gasteiger partial charge in [-0.25, -0.2) is 4.57 Å². The van der Waals surface area contributed by atoms with E-state index in [0.29, 0.717) is 13.2 Å². The van der Waals surface area contributed by atoms with Crippen LogP contribution in [-0.4, -0.2) is 19.8 Å². The van der Waals surface area contributed by atoms with Crippen molar-refractivity contribution >= 4 is 13.4 Å². The van der Waals surface area contributed by atoms with Crippen molar-refractivity contribution in [1.82, 2.24) is 0 Å². The lowest BCUT2D eigenvalue weighted by Gasteiger charge is -2.15. The minimum absolute atomic E-state index is 0.192. The summed E-state index contributed by atoms with van der Waals surface area (Å²) in [4.78, 5) is 0. The number of hydrogen-bond acceptors (Lipinski definition) is 4. The van der Waals surface area contributed by atoms with Gasteiger partial charge in [0.05, 0.1) is 19.8 Å². The molecule has 0 heterocycles. The number of hydrogen-bond donors (Lipinski definition) is 0. The van der Waals surface area contributed by atoms with Gasteiger partial charge in [0, 0.05) is 0 Å². The van der Waals surface area contributed by atoms with E-state index in [0.717, 1.165) is 11.1 Å². The van der Waals surface area contributed by atoms with Crippen molar-refractivity contribution in [1.29, 1.82) is 0 Å². The Hall–Kier alpha value is -1.71. The van der Waals surface area contributed by atoms with E-state index in [9.17, 15) is 4.57 Å². The summed E-state index contributed by atoms with van der Waals surface area (Å²) < 4.78 is 27.4. The topological polar surface area (TPSA) is 44.8 Å². The molecule has 2 aromatic carbocycles. The maximum Gasteiger partial charge on any atom is 0.475 e. The van der Waals surface area contributed by atoms with Crippen LogP contribution in [0, 0.1) is 6.92 Å². The van der Waals surface area contributed by atoms with E-state index in [1.54, 1.807) is 13.8 Å². The van der Waals surface area contributed by atoms with Gasteiger partial charge in [0.1, 0.15) is 0 Å². The third-order valence-corrected chi connectivity index (χ3v) is 4.98. The lowest BCUT2D eigenvalue weighted by molar-refractivity contribution is 0.131. The van der Waals surface area contributed by atoms with Crippen LogP contribution in [0.1, 0.15) is 31.9 Å². The van der Waals surface area contributed by atoms with Crippen molar-refractivity contribution in [3.63, 3.8) is 0 Å². The Morgan fingerprint density at radius 2 is 1.38 bits per heavy atom. The number of aryl methyl sites for hydroxylation is 1. The molecule has 2 aromatic rings. The molecule has 0 amide bonds. The molecule has 0 saturated heterocycles. The Kier molecular flexibility index (Phi) is 10.8. The van der Waals surface area contributed by atoms with E-state index in [1.807, 2.05) is 61.5 Å². The van der Waals surface area contributed by atoms with Crippen LogP contribution < -0.4 is 0 Å². The van der Waals surface area contributed by atoms with Gasteiger partial charge in [0.15, 0.2) is 0 Å². The Labute approximate surface area is 157 Å². The van der Waals surface area contributed by atoms with Gasteiger partial charge in [-0.1, -0.05) is 72.3 Å². The fourth-order valence-corrected chi connectivity index (χ4v) is 3.15. The molecule has 142 valence electrons. The van der Waals surface area contributed by atoms with E-state index in [2.05, 4.69) is 19.1 Å². The molecule has 0 aliphatic heterocycles. The predicted molar refractivity (Wildman–Crippen MR) is 108 cm³/mol. The summed E-state index contributed by atoms with van der Waals surface area (Å²) in [6, 6.07) is 20.2. The average Bonchev–Trinajstić information content (AvgIpc) is 2.64. The van der Waals surface area contributed by atoms with Gasteiger partial charge in [-0.2, -0.15) is 0 Å². The van der Waals surface area contributed by atoms with Crippen LogP contribution in [0.15, 0.2) is 66.7 Å². The largest absolute Gasteiger partial charge is 0.475 e. The molecule has 4 nitrogen and oxygen atoms in total. The zero-order chi connectivity index (χ0) is 19.3. The molecule has 0 atom stereocenters. The monoisotopic (exact) mass is 376 g/mol. The first-order chi connectivity index (χ1) is 12.5. The maximum atomic E-state index is 12.0. The summed E-state index contributed by atoms with van der Waals surface area (Å²) in [5.74, 6) is 0. The molecule has 0 radical (unpaired) electrons. The van der Waals surface area contributed by atoms with Crippen molar-refractivity contribution in [2.45, 2.75) is 27.7 Å². The molecule has 0 aliphatic carbocycles. The van der Waals surface area contributed by atoms with E-state index in [-0.39, 0.29) is 6.61 Å². The van der Waals surface area contributed by atoms with Crippen LogP contribution in [0.2, 0.25) is 0 Å². The molecular formula is C21H29O4P. The molecular weight excluding hydrogens is 347 g/mol. The zero-order valence-corrected chi connectivity index (χ0v) is 16.9. The number of allylic oxidation sites excluding steroid dienone is 1. The van der Waals surface area contributed by atoms with E-state index in [4.69, 9.17) is 13.6 Å². The Balaban J connectivity index is 0.000000401. The Morgan fingerprint density at radius 1 is 0.885 bits per heavy atom. The van der Waals surface area contributed by atoms with Crippen molar-refractivity contribution in [3.05, 3.63) is 77.9 Å². The lowest BCUT2D eigenvalue weighted by atomic mass is 10.1. The number of phosphoric ester groups is 1. The quantitative estimate of drug-likeness (QED) is 0.508.